The summed E-state index contributed by atoms with van der Waals surface area (Å²) in [4.78, 5) is 15.6. The average Bonchev–Trinajstić information content (AvgIpc) is 3.39. The number of hydrogen-bond donors (Lipinski definition) is 2. The summed E-state index contributed by atoms with van der Waals surface area (Å²) in [5.41, 5.74) is 3.44. The van der Waals surface area contributed by atoms with Crippen LogP contribution in [0.4, 0.5) is 16.3 Å². The molecule has 9 nitrogen and oxygen atoms in total. The van der Waals surface area contributed by atoms with Crippen LogP contribution < -0.4 is 15.4 Å². The number of carbonyl (C=O) groups is 1. The maximum Gasteiger partial charge on any atom is 0.324 e. The molecule has 0 aliphatic carbocycles. The molecule has 0 saturated carbocycles. The first-order chi connectivity index (χ1) is 20.2. The molecule has 0 radical (unpaired) electrons. The van der Waals surface area contributed by atoms with Crippen molar-refractivity contribution in [2.24, 2.45) is 0 Å². The Morgan fingerprint density at radius 3 is 2.55 bits per heavy atom. The smallest absolute Gasteiger partial charge is 0.324 e. The maximum absolute atomic E-state index is 13.3. The van der Waals surface area contributed by atoms with Gasteiger partial charge < -0.3 is 19.5 Å². The molecule has 2 amide bonds. The first kappa shape index (κ1) is 29.6. The number of fused-ring (bicyclic) bond motifs is 1. The van der Waals surface area contributed by atoms with Crippen LogP contribution in [0.3, 0.4) is 0 Å². The number of anilines is 2. The quantitative estimate of drug-likeness (QED) is 0.256. The van der Waals surface area contributed by atoms with Gasteiger partial charge in [-0.1, -0.05) is 62.7 Å². The summed E-state index contributed by atoms with van der Waals surface area (Å²) in [5, 5.41) is 12.7. The van der Waals surface area contributed by atoms with E-state index >= 15 is 0 Å². The second-order valence-electron chi connectivity index (χ2n) is 11.7. The predicted molar refractivity (Wildman–Crippen MR) is 167 cm³/mol. The van der Waals surface area contributed by atoms with Gasteiger partial charge in [-0.2, -0.15) is 5.10 Å². The number of aryl methyl sites for hydroxylation is 1. The van der Waals surface area contributed by atoms with E-state index in [0.717, 1.165) is 53.1 Å². The fourth-order valence-electron chi connectivity index (χ4n) is 5.05. The number of urea groups is 1. The van der Waals surface area contributed by atoms with Crippen LogP contribution in [0.2, 0.25) is 0 Å². The molecular formula is C33H41N5O4. The molecule has 0 spiro atoms. The lowest BCUT2D eigenvalue weighted by atomic mass is 9.92. The van der Waals surface area contributed by atoms with Crippen molar-refractivity contribution in [2.45, 2.75) is 39.2 Å². The number of carbonyl (C=O) groups excluding carboxylic acids is 1. The van der Waals surface area contributed by atoms with Gasteiger partial charge in [0.2, 0.25) is 0 Å². The fraction of sp³-hybridized carbons (Fsp3) is 0.394. The normalized spacial score (nSPS) is 16.0. The van der Waals surface area contributed by atoms with Crippen molar-refractivity contribution in [3.05, 3.63) is 78.0 Å². The van der Waals surface area contributed by atoms with Gasteiger partial charge in [0.15, 0.2) is 0 Å². The van der Waals surface area contributed by atoms with Crippen LogP contribution in [0.5, 0.6) is 5.75 Å². The molecule has 1 aliphatic rings. The zero-order chi connectivity index (χ0) is 29.7. The van der Waals surface area contributed by atoms with E-state index in [1.165, 1.54) is 0 Å². The molecule has 42 heavy (non-hydrogen) atoms. The lowest BCUT2D eigenvalue weighted by Crippen LogP contribution is -2.45. The number of rotatable bonds is 9. The summed E-state index contributed by atoms with van der Waals surface area (Å²) in [6.07, 6.45) is 0.0941. The summed E-state index contributed by atoms with van der Waals surface area (Å²) < 4.78 is 19.0. The second-order valence-corrected chi connectivity index (χ2v) is 11.7. The Labute approximate surface area is 247 Å². The van der Waals surface area contributed by atoms with Crippen LogP contribution in [0.1, 0.15) is 32.0 Å². The topological polar surface area (TPSA) is 89.9 Å². The van der Waals surface area contributed by atoms with Crippen LogP contribution >= 0.6 is 0 Å². The predicted octanol–water partition coefficient (Wildman–Crippen LogP) is 6.00. The van der Waals surface area contributed by atoms with Gasteiger partial charge in [0, 0.05) is 49.0 Å². The van der Waals surface area contributed by atoms with Crippen molar-refractivity contribution in [2.75, 3.05) is 57.2 Å². The van der Waals surface area contributed by atoms with Crippen LogP contribution in [0, 0.1) is 6.92 Å². The molecule has 9 heteroatoms. The van der Waals surface area contributed by atoms with E-state index in [2.05, 4.69) is 36.3 Å². The molecule has 2 N–H and O–H groups in total. The number of amides is 2. The first-order valence-corrected chi connectivity index (χ1v) is 14.4. The molecule has 4 aromatic rings. The third-order valence-corrected chi connectivity index (χ3v) is 7.37. The van der Waals surface area contributed by atoms with Crippen LogP contribution in [0.25, 0.3) is 16.5 Å². The van der Waals surface area contributed by atoms with E-state index in [4.69, 9.17) is 19.3 Å². The Morgan fingerprint density at radius 1 is 1.05 bits per heavy atom. The molecule has 0 bridgehead atoms. The van der Waals surface area contributed by atoms with Crippen LogP contribution in [0.15, 0.2) is 66.7 Å². The van der Waals surface area contributed by atoms with E-state index in [-0.39, 0.29) is 17.6 Å². The third-order valence-electron chi connectivity index (χ3n) is 7.37. The molecule has 2 heterocycles. The van der Waals surface area contributed by atoms with Crippen LogP contribution in [-0.2, 0) is 14.9 Å². The van der Waals surface area contributed by atoms with Crippen molar-refractivity contribution < 1.29 is 19.0 Å². The van der Waals surface area contributed by atoms with Crippen LogP contribution in [-0.4, -0.2) is 73.4 Å². The van der Waals surface area contributed by atoms with Gasteiger partial charge in [0.1, 0.15) is 18.2 Å². The number of benzene rings is 3. The first-order valence-electron chi connectivity index (χ1n) is 14.4. The molecule has 1 fully saturated rings. The molecule has 222 valence electrons. The minimum Gasteiger partial charge on any atom is -0.492 e. The largest absolute Gasteiger partial charge is 0.492 e. The highest BCUT2D eigenvalue weighted by Crippen LogP contribution is 2.32. The molecular weight excluding hydrogens is 530 g/mol. The highest BCUT2D eigenvalue weighted by molar-refractivity contribution is 6.07. The van der Waals surface area contributed by atoms with Crippen molar-refractivity contribution in [3.8, 4) is 11.4 Å². The summed E-state index contributed by atoms with van der Waals surface area (Å²) in [6.45, 7) is 12.7. The van der Waals surface area contributed by atoms with E-state index < -0.39 is 0 Å². The standard InChI is InChI=1S/C33H41N5O4/c1-23-10-12-24(13-11-23)38-31(20-30(36-38)33(2,3)4)35-32(39)34-28-14-15-29(27-9-7-6-8-26(27)28)42-19-17-37-16-18-41-25(21-37)22-40-5/h6-15,20,25H,16-19,21-22H2,1-5H3,(H2,34,35,39)/t25-/m0/s1. The molecule has 5 rings (SSSR count). The van der Waals surface area contributed by atoms with E-state index in [1.54, 1.807) is 11.8 Å². The van der Waals surface area contributed by atoms with Crippen molar-refractivity contribution in [1.82, 2.24) is 14.7 Å². The molecule has 0 unspecified atom stereocenters. The van der Waals surface area contributed by atoms with Gasteiger partial charge >= 0.3 is 6.03 Å². The highest BCUT2D eigenvalue weighted by Gasteiger charge is 2.22. The second kappa shape index (κ2) is 12.9. The van der Waals surface area contributed by atoms with Crippen molar-refractivity contribution in [1.29, 1.82) is 0 Å². The van der Waals surface area contributed by atoms with E-state index in [0.29, 0.717) is 31.3 Å². The minimum absolute atomic E-state index is 0.0941. The molecule has 1 atom stereocenters. The Hall–Kier alpha value is -3.92. The Bertz CT molecular complexity index is 1510. The van der Waals surface area contributed by atoms with Crippen molar-refractivity contribution in [3.63, 3.8) is 0 Å². The molecule has 1 saturated heterocycles. The highest BCUT2D eigenvalue weighted by atomic mass is 16.5. The Balaban J connectivity index is 1.29. The van der Waals surface area contributed by atoms with Crippen molar-refractivity contribution >= 4 is 28.3 Å². The number of ether oxygens (including phenoxy) is 3. The van der Waals surface area contributed by atoms with E-state index in [1.807, 2.05) is 73.7 Å². The number of nitrogens with one attached hydrogen (secondary N) is 2. The summed E-state index contributed by atoms with van der Waals surface area (Å²) in [7, 11) is 1.70. The Morgan fingerprint density at radius 2 is 1.81 bits per heavy atom. The van der Waals surface area contributed by atoms with Gasteiger partial charge in [-0.25, -0.2) is 9.48 Å². The monoisotopic (exact) mass is 571 g/mol. The average molecular weight is 572 g/mol. The third kappa shape index (κ3) is 7.10. The maximum atomic E-state index is 13.3. The van der Waals surface area contributed by atoms with Gasteiger partial charge in [0.25, 0.3) is 0 Å². The van der Waals surface area contributed by atoms with E-state index in [9.17, 15) is 4.79 Å². The lowest BCUT2D eigenvalue weighted by molar-refractivity contribution is -0.0627. The molecule has 3 aromatic carbocycles. The lowest BCUT2D eigenvalue weighted by Gasteiger charge is -2.32. The van der Waals surface area contributed by atoms with Gasteiger partial charge in [-0.15, -0.1) is 0 Å². The van der Waals surface area contributed by atoms with Gasteiger partial charge in [-0.05, 0) is 31.2 Å². The van der Waals surface area contributed by atoms with Gasteiger partial charge in [0.05, 0.1) is 36.4 Å². The fourth-order valence-corrected chi connectivity index (χ4v) is 5.05. The zero-order valence-corrected chi connectivity index (χ0v) is 25.1. The zero-order valence-electron chi connectivity index (χ0n) is 25.1. The summed E-state index contributed by atoms with van der Waals surface area (Å²) in [5.74, 6) is 1.38. The van der Waals surface area contributed by atoms with Gasteiger partial charge in [-0.3, -0.25) is 10.2 Å². The number of nitrogens with zero attached hydrogens (tertiary/aromatic N) is 3. The Kier molecular flexibility index (Phi) is 9.11. The number of methoxy groups -OCH3 is 1. The number of morpholine rings is 1. The number of aromatic nitrogens is 2. The minimum atomic E-state index is -0.347. The molecule has 1 aliphatic heterocycles. The summed E-state index contributed by atoms with van der Waals surface area (Å²) >= 11 is 0. The number of hydrogen-bond acceptors (Lipinski definition) is 6. The SMILES string of the molecule is COC[C@@H]1CN(CCOc2ccc(NC(=O)Nc3cc(C(C)(C)C)nn3-c3ccc(C)cc3)c3ccccc23)CCO1. The molecule has 1 aromatic heterocycles. The summed E-state index contributed by atoms with van der Waals surface area (Å²) in [6, 6.07) is 21.4.